The van der Waals surface area contributed by atoms with Crippen molar-refractivity contribution in [2.45, 2.75) is 32.4 Å². The van der Waals surface area contributed by atoms with Crippen molar-refractivity contribution in [2.24, 2.45) is 7.05 Å². The van der Waals surface area contributed by atoms with E-state index in [4.69, 9.17) is 0 Å². The number of benzene rings is 1. The van der Waals surface area contributed by atoms with Gasteiger partial charge in [-0.2, -0.15) is 0 Å². The number of hydrogen-bond donors (Lipinski definition) is 1. The maximum absolute atomic E-state index is 13.3. The van der Waals surface area contributed by atoms with Gasteiger partial charge < -0.3 is 9.88 Å². The first kappa shape index (κ1) is 10.8. The molecule has 90 valence electrons. The third kappa shape index (κ3) is 1.57. The Kier molecular flexibility index (Phi) is 2.11. The van der Waals surface area contributed by atoms with Crippen LogP contribution in [-0.4, -0.2) is 10.1 Å². The SMILES string of the molecule is Cn1c2c(c3ccc(F)cc31)CNC(C)(C)C2. The standard InChI is InChI=1S/C14H17FN2/c1-14(2)7-13-11(8-16-14)10-5-4-9(15)6-12(10)17(13)3/h4-6,16H,7-8H2,1-3H3. The lowest BCUT2D eigenvalue weighted by Crippen LogP contribution is -2.44. The topological polar surface area (TPSA) is 17.0 Å². The summed E-state index contributed by atoms with van der Waals surface area (Å²) >= 11 is 0. The van der Waals surface area contributed by atoms with Crippen LogP contribution in [0.15, 0.2) is 18.2 Å². The lowest BCUT2D eigenvalue weighted by atomic mass is 9.91. The van der Waals surface area contributed by atoms with Crippen LogP contribution >= 0.6 is 0 Å². The number of hydrogen-bond acceptors (Lipinski definition) is 1. The zero-order chi connectivity index (χ0) is 12.2. The highest BCUT2D eigenvalue weighted by molar-refractivity contribution is 5.86. The molecule has 2 aromatic rings. The lowest BCUT2D eigenvalue weighted by Gasteiger charge is -2.32. The highest BCUT2D eigenvalue weighted by Crippen LogP contribution is 2.31. The van der Waals surface area contributed by atoms with Crippen molar-refractivity contribution < 1.29 is 4.39 Å². The van der Waals surface area contributed by atoms with E-state index in [1.807, 2.05) is 13.1 Å². The average Bonchev–Trinajstić information content (AvgIpc) is 2.51. The van der Waals surface area contributed by atoms with Gasteiger partial charge in [-0.1, -0.05) is 0 Å². The van der Waals surface area contributed by atoms with Crippen LogP contribution in [0.1, 0.15) is 25.1 Å². The normalized spacial score (nSPS) is 18.4. The summed E-state index contributed by atoms with van der Waals surface area (Å²) in [5.41, 5.74) is 3.76. The molecule has 0 spiro atoms. The molecule has 1 aromatic heterocycles. The molecule has 2 nitrogen and oxygen atoms in total. The van der Waals surface area contributed by atoms with E-state index in [0.29, 0.717) is 0 Å². The third-order valence-electron chi connectivity index (χ3n) is 3.75. The van der Waals surface area contributed by atoms with Gasteiger partial charge in [0.15, 0.2) is 0 Å². The van der Waals surface area contributed by atoms with E-state index in [9.17, 15) is 4.39 Å². The molecule has 1 aromatic carbocycles. The number of aryl methyl sites for hydroxylation is 1. The molecule has 0 fully saturated rings. The van der Waals surface area contributed by atoms with E-state index in [1.165, 1.54) is 16.6 Å². The first-order chi connectivity index (χ1) is 7.98. The summed E-state index contributed by atoms with van der Waals surface area (Å²) in [6, 6.07) is 5.06. The van der Waals surface area contributed by atoms with Gasteiger partial charge in [0.1, 0.15) is 5.82 Å². The van der Waals surface area contributed by atoms with Crippen molar-refractivity contribution >= 4 is 10.9 Å². The van der Waals surface area contributed by atoms with Gasteiger partial charge in [0, 0.05) is 36.6 Å². The Labute approximate surface area is 100 Å². The summed E-state index contributed by atoms with van der Waals surface area (Å²) < 4.78 is 15.4. The first-order valence-electron chi connectivity index (χ1n) is 5.99. The van der Waals surface area contributed by atoms with Crippen LogP contribution in [-0.2, 0) is 20.0 Å². The summed E-state index contributed by atoms with van der Waals surface area (Å²) in [6.07, 6.45) is 0.981. The van der Waals surface area contributed by atoms with E-state index in [-0.39, 0.29) is 11.4 Å². The van der Waals surface area contributed by atoms with Crippen molar-refractivity contribution in [1.29, 1.82) is 0 Å². The van der Waals surface area contributed by atoms with Crippen LogP contribution in [0, 0.1) is 5.82 Å². The van der Waals surface area contributed by atoms with Gasteiger partial charge >= 0.3 is 0 Å². The molecule has 3 heteroatoms. The van der Waals surface area contributed by atoms with Gasteiger partial charge in [-0.15, -0.1) is 0 Å². The van der Waals surface area contributed by atoms with Gasteiger partial charge in [-0.05, 0) is 37.6 Å². The Bertz CT molecular complexity index is 596. The molecule has 0 aliphatic carbocycles. The molecule has 0 saturated heterocycles. The molecule has 0 bridgehead atoms. The quantitative estimate of drug-likeness (QED) is 0.739. The summed E-state index contributed by atoms with van der Waals surface area (Å²) in [6.45, 7) is 5.27. The Morgan fingerprint density at radius 2 is 2.12 bits per heavy atom. The molecule has 0 radical (unpaired) electrons. The van der Waals surface area contributed by atoms with E-state index in [0.717, 1.165) is 18.5 Å². The van der Waals surface area contributed by atoms with Crippen LogP contribution in [0.2, 0.25) is 0 Å². The smallest absolute Gasteiger partial charge is 0.125 e. The zero-order valence-electron chi connectivity index (χ0n) is 10.5. The molecule has 3 rings (SSSR count). The number of nitrogens with zero attached hydrogens (tertiary/aromatic N) is 1. The minimum absolute atomic E-state index is 0.119. The van der Waals surface area contributed by atoms with E-state index < -0.39 is 0 Å². The summed E-state index contributed by atoms with van der Waals surface area (Å²) in [4.78, 5) is 0. The zero-order valence-corrected chi connectivity index (χ0v) is 10.5. The molecular weight excluding hydrogens is 215 g/mol. The molecule has 1 aliphatic heterocycles. The average molecular weight is 232 g/mol. The Hall–Kier alpha value is -1.35. The number of rotatable bonds is 0. The minimum atomic E-state index is -0.164. The van der Waals surface area contributed by atoms with Crippen molar-refractivity contribution in [2.75, 3.05) is 0 Å². The molecule has 2 heterocycles. The summed E-state index contributed by atoms with van der Waals surface area (Å²) in [5, 5.41) is 4.70. The Balaban J connectivity index is 2.28. The van der Waals surface area contributed by atoms with Gasteiger partial charge in [0.25, 0.3) is 0 Å². The molecule has 0 saturated carbocycles. The van der Waals surface area contributed by atoms with Crippen LogP contribution < -0.4 is 5.32 Å². The van der Waals surface area contributed by atoms with Gasteiger partial charge in [0.05, 0.1) is 5.52 Å². The predicted molar refractivity (Wildman–Crippen MR) is 67.5 cm³/mol. The molecule has 1 aliphatic rings. The number of halogens is 1. The highest BCUT2D eigenvalue weighted by atomic mass is 19.1. The second-order valence-electron chi connectivity index (χ2n) is 5.56. The summed E-state index contributed by atoms with van der Waals surface area (Å²) in [7, 11) is 2.03. The number of nitrogens with one attached hydrogen (secondary N) is 1. The molecule has 0 atom stereocenters. The fraction of sp³-hybridized carbons (Fsp3) is 0.429. The molecule has 0 amide bonds. The predicted octanol–water partition coefficient (Wildman–Crippen LogP) is 2.74. The second kappa shape index (κ2) is 3.33. The number of aromatic nitrogens is 1. The molecule has 17 heavy (non-hydrogen) atoms. The van der Waals surface area contributed by atoms with Crippen molar-refractivity contribution in [1.82, 2.24) is 9.88 Å². The second-order valence-corrected chi connectivity index (χ2v) is 5.56. The summed E-state index contributed by atoms with van der Waals surface area (Å²) in [5.74, 6) is -0.164. The third-order valence-corrected chi connectivity index (χ3v) is 3.75. The van der Waals surface area contributed by atoms with Crippen LogP contribution in [0.4, 0.5) is 4.39 Å². The fourth-order valence-corrected chi connectivity index (χ4v) is 2.77. The van der Waals surface area contributed by atoms with E-state index in [1.54, 1.807) is 12.1 Å². The van der Waals surface area contributed by atoms with E-state index >= 15 is 0 Å². The molecular formula is C14H17FN2. The monoisotopic (exact) mass is 232 g/mol. The highest BCUT2D eigenvalue weighted by Gasteiger charge is 2.28. The van der Waals surface area contributed by atoms with Crippen LogP contribution in [0.25, 0.3) is 10.9 Å². The largest absolute Gasteiger partial charge is 0.347 e. The maximum atomic E-state index is 13.3. The first-order valence-corrected chi connectivity index (χ1v) is 5.99. The van der Waals surface area contributed by atoms with E-state index in [2.05, 4.69) is 23.7 Å². The van der Waals surface area contributed by atoms with Crippen molar-refractivity contribution in [3.63, 3.8) is 0 Å². The van der Waals surface area contributed by atoms with Crippen LogP contribution in [0.3, 0.4) is 0 Å². The fourth-order valence-electron chi connectivity index (χ4n) is 2.77. The Morgan fingerprint density at radius 3 is 2.88 bits per heavy atom. The van der Waals surface area contributed by atoms with Gasteiger partial charge in [-0.3, -0.25) is 0 Å². The molecule has 1 N–H and O–H groups in total. The van der Waals surface area contributed by atoms with Gasteiger partial charge in [-0.25, -0.2) is 4.39 Å². The van der Waals surface area contributed by atoms with Crippen molar-refractivity contribution in [3.05, 3.63) is 35.3 Å². The van der Waals surface area contributed by atoms with Crippen molar-refractivity contribution in [3.8, 4) is 0 Å². The van der Waals surface area contributed by atoms with Gasteiger partial charge in [0.2, 0.25) is 0 Å². The maximum Gasteiger partial charge on any atom is 0.125 e. The molecule has 0 unspecified atom stereocenters. The lowest BCUT2D eigenvalue weighted by molar-refractivity contribution is 0.356. The van der Waals surface area contributed by atoms with Crippen LogP contribution in [0.5, 0.6) is 0 Å². The Morgan fingerprint density at radius 1 is 1.35 bits per heavy atom. The number of fused-ring (bicyclic) bond motifs is 3. The minimum Gasteiger partial charge on any atom is -0.347 e.